The molecule has 0 bridgehead atoms. The van der Waals surface area contributed by atoms with Gasteiger partial charge in [0.05, 0.1) is 6.61 Å². The average molecular weight is 237 g/mol. The molecule has 1 aromatic rings. The van der Waals surface area contributed by atoms with E-state index in [-0.39, 0.29) is 11.4 Å². The van der Waals surface area contributed by atoms with Crippen LogP contribution in [0.4, 0.5) is 4.39 Å². The van der Waals surface area contributed by atoms with E-state index >= 15 is 0 Å². The fourth-order valence-electron chi connectivity index (χ4n) is 2.43. The highest BCUT2D eigenvalue weighted by molar-refractivity contribution is 5.22. The van der Waals surface area contributed by atoms with Gasteiger partial charge in [0.2, 0.25) is 0 Å². The molecule has 0 unspecified atom stereocenters. The highest BCUT2D eigenvalue weighted by atomic mass is 19.1. The van der Waals surface area contributed by atoms with Crippen LogP contribution in [0, 0.1) is 5.82 Å². The molecular formula is C14H20FNO. The Kier molecular flexibility index (Phi) is 4.00. The van der Waals surface area contributed by atoms with Gasteiger partial charge in [0.15, 0.2) is 0 Å². The Labute approximate surface area is 102 Å². The van der Waals surface area contributed by atoms with Crippen LogP contribution >= 0.6 is 0 Å². The first kappa shape index (κ1) is 12.4. The normalized spacial score (nSPS) is 18.9. The van der Waals surface area contributed by atoms with Gasteiger partial charge in [-0.2, -0.15) is 0 Å². The van der Waals surface area contributed by atoms with Gasteiger partial charge in [-0.3, -0.25) is 0 Å². The van der Waals surface area contributed by atoms with E-state index in [4.69, 9.17) is 10.5 Å². The Balaban J connectivity index is 1.79. The van der Waals surface area contributed by atoms with Crippen molar-refractivity contribution >= 4 is 0 Å². The number of hydrogen-bond acceptors (Lipinski definition) is 2. The van der Waals surface area contributed by atoms with Gasteiger partial charge in [-0.25, -0.2) is 4.39 Å². The second-order valence-corrected chi connectivity index (χ2v) is 4.98. The van der Waals surface area contributed by atoms with Crippen LogP contribution in [0.15, 0.2) is 24.3 Å². The third-order valence-electron chi connectivity index (χ3n) is 3.51. The molecule has 0 heterocycles. The summed E-state index contributed by atoms with van der Waals surface area (Å²) in [6.07, 6.45) is 6.75. The average Bonchev–Trinajstić information content (AvgIpc) is 2.30. The molecule has 17 heavy (non-hydrogen) atoms. The summed E-state index contributed by atoms with van der Waals surface area (Å²) in [6, 6.07) is 6.25. The zero-order chi connectivity index (χ0) is 12.1. The molecule has 3 heteroatoms. The number of benzene rings is 1. The molecular weight excluding hydrogens is 217 g/mol. The topological polar surface area (TPSA) is 35.2 Å². The molecule has 1 fully saturated rings. The fourth-order valence-corrected chi connectivity index (χ4v) is 2.43. The lowest BCUT2D eigenvalue weighted by Crippen LogP contribution is -2.42. The molecule has 2 rings (SSSR count). The zero-order valence-electron chi connectivity index (χ0n) is 10.1. The van der Waals surface area contributed by atoms with E-state index in [1.807, 2.05) is 0 Å². The number of halogens is 1. The van der Waals surface area contributed by atoms with Gasteiger partial charge in [0.25, 0.3) is 0 Å². The van der Waals surface area contributed by atoms with E-state index in [9.17, 15) is 4.39 Å². The van der Waals surface area contributed by atoms with E-state index in [1.54, 1.807) is 12.1 Å². The summed E-state index contributed by atoms with van der Waals surface area (Å²) in [4.78, 5) is 0. The number of rotatable bonds is 4. The van der Waals surface area contributed by atoms with Gasteiger partial charge in [-0.15, -0.1) is 0 Å². The molecule has 1 aromatic carbocycles. The fraction of sp³-hybridized carbons (Fsp3) is 0.571. The summed E-state index contributed by atoms with van der Waals surface area (Å²) >= 11 is 0. The van der Waals surface area contributed by atoms with E-state index in [1.165, 1.54) is 31.4 Å². The van der Waals surface area contributed by atoms with Gasteiger partial charge in [0, 0.05) is 11.6 Å². The van der Waals surface area contributed by atoms with Crippen molar-refractivity contribution in [1.29, 1.82) is 0 Å². The van der Waals surface area contributed by atoms with Gasteiger partial charge in [-0.1, -0.05) is 25.3 Å². The monoisotopic (exact) mass is 237 g/mol. The van der Waals surface area contributed by atoms with Crippen molar-refractivity contribution in [3.05, 3.63) is 30.1 Å². The van der Waals surface area contributed by atoms with Crippen LogP contribution in [-0.4, -0.2) is 12.1 Å². The largest absolute Gasteiger partial charge is 0.493 e. The van der Waals surface area contributed by atoms with Crippen molar-refractivity contribution in [2.75, 3.05) is 6.61 Å². The van der Waals surface area contributed by atoms with Gasteiger partial charge >= 0.3 is 0 Å². The summed E-state index contributed by atoms with van der Waals surface area (Å²) in [5, 5.41) is 0. The van der Waals surface area contributed by atoms with Gasteiger partial charge < -0.3 is 10.5 Å². The Hall–Kier alpha value is -1.09. The minimum atomic E-state index is -0.261. The van der Waals surface area contributed by atoms with Gasteiger partial charge in [0.1, 0.15) is 11.6 Å². The molecule has 0 atom stereocenters. The smallest absolute Gasteiger partial charge is 0.126 e. The van der Waals surface area contributed by atoms with Crippen molar-refractivity contribution < 1.29 is 9.13 Å². The molecule has 1 aliphatic rings. The third-order valence-corrected chi connectivity index (χ3v) is 3.51. The van der Waals surface area contributed by atoms with Gasteiger partial charge in [-0.05, 0) is 31.4 Å². The first-order valence-corrected chi connectivity index (χ1v) is 6.35. The Morgan fingerprint density at radius 3 is 2.71 bits per heavy atom. The second-order valence-electron chi connectivity index (χ2n) is 4.98. The lowest BCUT2D eigenvalue weighted by molar-refractivity contribution is 0.214. The molecule has 2 nitrogen and oxygen atoms in total. The SMILES string of the molecule is NC1(CCOc2cccc(F)c2)CCCCC1. The Morgan fingerprint density at radius 1 is 1.24 bits per heavy atom. The molecule has 94 valence electrons. The summed E-state index contributed by atoms with van der Waals surface area (Å²) in [6.45, 7) is 0.569. The minimum absolute atomic E-state index is 0.0639. The maximum absolute atomic E-state index is 12.9. The van der Waals surface area contributed by atoms with Crippen LogP contribution in [0.5, 0.6) is 5.75 Å². The Morgan fingerprint density at radius 2 is 2.00 bits per heavy atom. The van der Waals surface area contributed by atoms with Crippen LogP contribution in [0.1, 0.15) is 38.5 Å². The Bertz CT molecular complexity index is 361. The zero-order valence-corrected chi connectivity index (χ0v) is 10.1. The molecule has 2 N–H and O–H groups in total. The van der Waals surface area contributed by atoms with Crippen molar-refractivity contribution in [2.24, 2.45) is 5.73 Å². The van der Waals surface area contributed by atoms with Crippen LogP contribution in [0.3, 0.4) is 0 Å². The number of nitrogens with two attached hydrogens (primary N) is 1. The van der Waals surface area contributed by atoms with Crippen LogP contribution in [-0.2, 0) is 0 Å². The van der Waals surface area contributed by atoms with E-state index in [0.29, 0.717) is 12.4 Å². The van der Waals surface area contributed by atoms with Crippen LogP contribution in [0.2, 0.25) is 0 Å². The third kappa shape index (κ3) is 3.70. The number of hydrogen-bond donors (Lipinski definition) is 1. The molecule has 0 saturated heterocycles. The lowest BCUT2D eigenvalue weighted by atomic mass is 9.80. The van der Waals surface area contributed by atoms with E-state index in [0.717, 1.165) is 19.3 Å². The standard InChI is InChI=1S/C14H20FNO/c15-12-5-4-6-13(11-12)17-10-9-14(16)7-2-1-3-8-14/h4-6,11H,1-3,7-10,16H2. The molecule has 1 saturated carbocycles. The first-order chi connectivity index (χ1) is 8.18. The van der Waals surface area contributed by atoms with Crippen LogP contribution < -0.4 is 10.5 Å². The van der Waals surface area contributed by atoms with Crippen molar-refractivity contribution in [2.45, 2.75) is 44.1 Å². The van der Waals surface area contributed by atoms with Crippen molar-refractivity contribution in [3.63, 3.8) is 0 Å². The lowest BCUT2D eigenvalue weighted by Gasteiger charge is -2.33. The van der Waals surface area contributed by atoms with Crippen molar-refractivity contribution in [3.8, 4) is 5.75 Å². The predicted molar refractivity (Wildman–Crippen MR) is 66.5 cm³/mol. The molecule has 1 aliphatic carbocycles. The molecule has 0 aliphatic heterocycles. The van der Waals surface area contributed by atoms with Crippen molar-refractivity contribution in [1.82, 2.24) is 0 Å². The van der Waals surface area contributed by atoms with E-state index < -0.39 is 0 Å². The summed E-state index contributed by atoms with van der Waals surface area (Å²) in [5.74, 6) is 0.326. The first-order valence-electron chi connectivity index (χ1n) is 6.35. The quantitative estimate of drug-likeness (QED) is 0.872. The molecule has 0 aromatic heterocycles. The summed E-state index contributed by atoms with van der Waals surface area (Å²) in [7, 11) is 0. The maximum Gasteiger partial charge on any atom is 0.126 e. The minimum Gasteiger partial charge on any atom is -0.493 e. The predicted octanol–water partition coefficient (Wildman–Crippen LogP) is 3.26. The van der Waals surface area contributed by atoms with Crippen LogP contribution in [0.25, 0.3) is 0 Å². The maximum atomic E-state index is 12.9. The molecule has 0 radical (unpaired) electrons. The number of ether oxygens (including phenoxy) is 1. The molecule has 0 amide bonds. The summed E-state index contributed by atoms with van der Waals surface area (Å²) in [5.41, 5.74) is 6.24. The van der Waals surface area contributed by atoms with E-state index in [2.05, 4.69) is 0 Å². The second kappa shape index (κ2) is 5.50. The highest BCUT2D eigenvalue weighted by Crippen LogP contribution is 2.28. The highest BCUT2D eigenvalue weighted by Gasteiger charge is 2.26. The molecule has 0 spiro atoms. The summed E-state index contributed by atoms with van der Waals surface area (Å²) < 4.78 is 18.5.